The summed E-state index contributed by atoms with van der Waals surface area (Å²) >= 11 is 0. The summed E-state index contributed by atoms with van der Waals surface area (Å²) in [5, 5.41) is 3.82. The van der Waals surface area contributed by atoms with Crippen LogP contribution in [0.15, 0.2) is 18.2 Å². The van der Waals surface area contributed by atoms with Gasteiger partial charge in [-0.15, -0.1) is 0 Å². The molecule has 6 heteroatoms. The molecule has 1 aromatic carbocycles. The van der Waals surface area contributed by atoms with Gasteiger partial charge in [-0.05, 0) is 31.0 Å². The molecule has 5 nitrogen and oxygen atoms in total. The van der Waals surface area contributed by atoms with E-state index in [-0.39, 0.29) is 23.4 Å². The van der Waals surface area contributed by atoms with Gasteiger partial charge in [0.05, 0.1) is 17.2 Å². The van der Waals surface area contributed by atoms with Crippen LogP contribution in [0.2, 0.25) is 0 Å². The highest BCUT2D eigenvalue weighted by Crippen LogP contribution is 2.35. The van der Waals surface area contributed by atoms with Crippen molar-refractivity contribution < 1.29 is 18.7 Å². The number of nitrogens with one attached hydrogen (secondary N) is 2. The lowest BCUT2D eigenvalue weighted by molar-refractivity contribution is -0.0872. The van der Waals surface area contributed by atoms with Crippen molar-refractivity contribution in [2.45, 2.75) is 37.8 Å². The molecule has 0 aliphatic carbocycles. The van der Waals surface area contributed by atoms with E-state index in [0.717, 1.165) is 30.2 Å². The molecular weight excluding hydrogens is 311 g/mol. The number of aromatic amines is 1. The van der Waals surface area contributed by atoms with Crippen LogP contribution in [0.25, 0.3) is 10.9 Å². The van der Waals surface area contributed by atoms with Gasteiger partial charge in [0.2, 0.25) is 0 Å². The number of fused-ring (bicyclic) bond motifs is 1. The van der Waals surface area contributed by atoms with E-state index in [9.17, 15) is 9.18 Å². The van der Waals surface area contributed by atoms with Crippen molar-refractivity contribution in [2.75, 3.05) is 19.8 Å². The Bertz CT molecular complexity index is 741. The summed E-state index contributed by atoms with van der Waals surface area (Å²) in [7, 11) is 0. The molecular formula is C18H21FN2O3. The number of rotatable bonds is 2. The third kappa shape index (κ3) is 2.50. The second-order valence-corrected chi connectivity index (χ2v) is 6.68. The first-order chi connectivity index (χ1) is 11.6. The maximum Gasteiger partial charge on any atom is 0.268 e. The number of carbonyl (C=O) groups excluding carboxylic acids is 1. The van der Waals surface area contributed by atoms with Crippen LogP contribution in [0.5, 0.6) is 0 Å². The fraction of sp³-hybridized carbons (Fsp3) is 0.500. The Morgan fingerprint density at radius 3 is 2.88 bits per heavy atom. The number of benzene rings is 1. The number of amides is 1. The second kappa shape index (κ2) is 5.86. The van der Waals surface area contributed by atoms with Gasteiger partial charge < -0.3 is 19.8 Å². The predicted octanol–water partition coefficient (Wildman–Crippen LogP) is 2.68. The van der Waals surface area contributed by atoms with Crippen LogP contribution < -0.4 is 5.32 Å². The van der Waals surface area contributed by atoms with Gasteiger partial charge in [-0.25, -0.2) is 4.39 Å². The SMILES string of the molecule is Cc1ccc(F)c2[nH]c(C(=O)NC3CCOC34CCOCC4)cc12. The molecule has 2 aliphatic rings. The monoisotopic (exact) mass is 332 g/mol. The fourth-order valence-electron chi connectivity index (χ4n) is 3.84. The summed E-state index contributed by atoms with van der Waals surface area (Å²) < 4.78 is 25.3. The van der Waals surface area contributed by atoms with E-state index in [0.29, 0.717) is 31.0 Å². The van der Waals surface area contributed by atoms with Crippen molar-refractivity contribution in [2.24, 2.45) is 0 Å². The third-order valence-electron chi connectivity index (χ3n) is 5.28. The lowest BCUT2D eigenvalue weighted by Crippen LogP contribution is -2.52. The van der Waals surface area contributed by atoms with E-state index in [4.69, 9.17) is 9.47 Å². The van der Waals surface area contributed by atoms with E-state index in [2.05, 4.69) is 10.3 Å². The summed E-state index contributed by atoms with van der Waals surface area (Å²) in [5.41, 5.74) is 1.38. The van der Waals surface area contributed by atoms with Crippen LogP contribution in [0.1, 0.15) is 35.3 Å². The van der Waals surface area contributed by atoms with E-state index >= 15 is 0 Å². The van der Waals surface area contributed by atoms with Crippen LogP contribution >= 0.6 is 0 Å². The number of H-pyrrole nitrogens is 1. The fourth-order valence-corrected chi connectivity index (χ4v) is 3.84. The largest absolute Gasteiger partial charge is 0.381 e. The molecule has 3 heterocycles. The van der Waals surface area contributed by atoms with Gasteiger partial charge in [0.15, 0.2) is 0 Å². The van der Waals surface area contributed by atoms with Gasteiger partial charge in [-0.1, -0.05) is 6.07 Å². The minimum Gasteiger partial charge on any atom is -0.381 e. The maximum absolute atomic E-state index is 13.9. The van der Waals surface area contributed by atoms with Gasteiger partial charge in [0.1, 0.15) is 11.5 Å². The number of aromatic nitrogens is 1. The molecule has 1 aromatic heterocycles. The van der Waals surface area contributed by atoms with Crippen LogP contribution in [-0.4, -0.2) is 42.4 Å². The number of carbonyl (C=O) groups is 1. The number of ether oxygens (including phenoxy) is 2. The summed E-state index contributed by atoms with van der Waals surface area (Å²) in [4.78, 5) is 15.6. The molecule has 2 fully saturated rings. The molecule has 24 heavy (non-hydrogen) atoms. The quantitative estimate of drug-likeness (QED) is 0.889. The van der Waals surface area contributed by atoms with Gasteiger partial charge in [0.25, 0.3) is 5.91 Å². The molecule has 0 bridgehead atoms. The molecule has 0 saturated carbocycles. The van der Waals surface area contributed by atoms with Gasteiger partial charge in [0, 0.05) is 38.0 Å². The van der Waals surface area contributed by atoms with E-state index < -0.39 is 0 Å². The Hall–Kier alpha value is -1.92. The van der Waals surface area contributed by atoms with Crippen molar-refractivity contribution in [1.29, 1.82) is 0 Å². The molecule has 4 rings (SSSR count). The molecule has 1 unspecified atom stereocenters. The third-order valence-corrected chi connectivity index (χ3v) is 5.28. The lowest BCUT2D eigenvalue weighted by atomic mass is 9.86. The van der Waals surface area contributed by atoms with Crippen molar-refractivity contribution >= 4 is 16.8 Å². The van der Waals surface area contributed by atoms with Crippen LogP contribution in [0.3, 0.4) is 0 Å². The lowest BCUT2D eigenvalue weighted by Gasteiger charge is -2.37. The van der Waals surface area contributed by atoms with Gasteiger partial charge in [-0.2, -0.15) is 0 Å². The first-order valence-electron chi connectivity index (χ1n) is 8.39. The summed E-state index contributed by atoms with van der Waals surface area (Å²) in [5.74, 6) is -0.564. The Morgan fingerprint density at radius 2 is 2.12 bits per heavy atom. The highest BCUT2D eigenvalue weighted by Gasteiger charge is 2.46. The van der Waals surface area contributed by atoms with Crippen molar-refractivity contribution in [3.63, 3.8) is 0 Å². The van der Waals surface area contributed by atoms with E-state index in [1.54, 1.807) is 12.1 Å². The average molecular weight is 332 g/mol. The number of hydrogen-bond acceptors (Lipinski definition) is 3. The Morgan fingerprint density at radius 1 is 1.33 bits per heavy atom. The smallest absolute Gasteiger partial charge is 0.268 e. The molecule has 2 aromatic rings. The zero-order valence-electron chi connectivity index (χ0n) is 13.7. The van der Waals surface area contributed by atoms with Crippen molar-refractivity contribution in [3.8, 4) is 0 Å². The van der Waals surface area contributed by atoms with Crippen LogP contribution in [0, 0.1) is 12.7 Å². The molecule has 2 aliphatic heterocycles. The number of hydrogen-bond donors (Lipinski definition) is 2. The minimum atomic E-state index is -0.347. The molecule has 1 spiro atoms. The number of halogens is 1. The standard InChI is InChI=1S/C18H21FN2O3/c1-11-2-3-13(19)16-12(11)10-14(20-16)17(22)21-15-4-7-24-18(15)5-8-23-9-6-18/h2-3,10,15,20H,4-9H2,1H3,(H,21,22). The van der Waals surface area contributed by atoms with Gasteiger partial charge in [-0.3, -0.25) is 4.79 Å². The normalized spacial score (nSPS) is 23.0. The first kappa shape index (κ1) is 15.6. The highest BCUT2D eigenvalue weighted by atomic mass is 19.1. The molecule has 2 N–H and O–H groups in total. The Labute approximate surface area is 139 Å². The van der Waals surface area contributed by atoms with E-state index in [1.165, 1.54) is 6.07 Å². The zero-order valence-corrected chi connectivity index (χ0v) is 13.7. The van der Waals surface area contributed by atoms with Crippen molar-refractivity contribution in [3.05, 3.63) is 35.3 Å². The average Bonchev–Trinajstić information content (AvgIpc) is 3.18. The van der Waals surface area contributed by atoms with E-state index in [1.807, 2.05) is 6.92 Å². The topological polar surface area (TPSA) is 63.4 Å². The second-order valence-electron chi connectivity index (χ2n) is 6.68. The first-order valence-corrected chi connectivity index (χ1v) is 8.39. The number of aryl methyl sites for hydroxylation is 1. The summed E-state index contributed by atoms with van der Waals surface area (Å²) in [6.45, 7) is 3.86. The van der Waals surface area contributed by atoms with Crippen LogP contribution in [-0.2, 0) is 9.47 Å². The molecule has 128 valence electrons. The zero-order chi connectivity index (χ0) is 16.7. The molecule has 1 atom stereocenters. The van der Waals surface area contributed by atoms with Gasteiger partial charge >= 0.3 is 0 Å². The summed E-state index contributed by atoms with van der Waals surface area (Å²) in [6, 6.07) is 4.81. The Balaban J connectivity index is 1.58. The summed E-state index contributed by atoms with van der Waals surface area (Å²) in [6.07, 6.45) is 2.37. The van der Waals surface area contributed by atoms with Crippen molar-refractivity contribution in [1.82, 2.24) is 10.3 Å². The highest BCUT2D eigenvalue weighted by molar-refractivity contribution is 5.99. The molecule has 1 amide bonds. The maximum atomic E-state index is 13.9. The molecule has 2 saturated heterocycles. The minimum absolute atomic E-state index is 0.0359. The molecule has 0 radical (unpaired) electrons. The van der Waals surface area contributed by atoms with Crippen LogP contribution in [0.4, 0.5) is 4.39 Å². The Kier molecular flexibility index (Phi) is 3.81. The predicted molar refractivity (Wildman–Crippen MR) is 87.6 cm³/mol.